The molecule has 1 unspecified atom stereocenters. The third-order valence-corrected chi connectivity index (χ3v) is 4.94. The maximum absolute atomic E-state index is 12.5. The number of nitrogens with one attached hydrogen (secondary N) is 1. The van der Waals surface area contributed by atoms with Gasteiger partial charge in [-0.1, -0.05) is 18.2 Å². The Hall–Kier alpha value is -3.22. The third kappa shape index (κ3) is 9.04. The number of amidine groups is 1. The number of aliphatic hydroxyl groups excluding tert-OH is 1. The molecule has 0 amide bonds. The van der Waals surface area contributed by atoms with Crippen LogP contribution in [0.15, 0.2) is 66.2 Å². The van der Waals surface area contributed by atoms with Crippen molar-refractivity contribution < 1.29 is 35.1 Å². The Balaban J connectivity index is 2.15. The average Bonchev–Trinajstić information content (AvgIpc) is 2.72. The van der Waals surface area contributed by atoms with Gasteiger partial charge in [0.05, 0.1) is 12.5 Å². The first-order valence-corrected chi connectivity index (χ1v) is 13.1. The monoisotopic (exact) mass is 496 g/mol. The van der Waals surface area contributed by atoms with Crippen LogP contribution in [-0.2, 0) is 20.2 Å². The normalized spacial score (nSPS) is 13.1. The van der Waals surface area contributed by atoms with E-state index < -0.39 is 26.3 Å². The van der Waals surface area contributed by atoms with E-state index in [1.165, 1.54) is 48.5 Å². The highest BCUT2D eigenvalue weighted by molar-refractivity contribution is 7.86. The number of carbonyl (C=O) groups is 1. The number of hydrogen-bond donors (Lipinski definition) is 2. The number of Topliss-reactive ketones (excluding diaryl/α,β-unsaturated/α-hetero) is 1. The number of aliphatic hydroxyl groups is 1. The van der Waals surface area contributed by atoms with Gasteiger partial charge in [0, 0.05) is 12.1 Å². The second kappa shape index (κ2) is 11.1. The van der Waals surface area contributed by atoms with Crippen LogP contribution in [0.25, 0.3) is 0 Å². The van der Waals surface area contributed by atoms with Gasteiger partial charge in [-0.25, -0.2) is 0 Å². The van der Waals surface area contributed by atoms with Crippen LogP contribution >= 0.6 is 0 Å². The van der Waals surface area contributed by atoms with Crippen LogP contribution < -0.4 is 13.7 Å². The Morgan fingerprint density at radius 1 is 1.00 bits per heavy atom. The van der Waals surface area contributed by atoms with Gasteiger partial charge in [-0.15, -0.1) is 6.58 Å². The van der Waals surface area contributed by atoms with E-state index in [0.717, 1.165) is 12.5 Å². The first kappa shape index (κ1) is 26.0. The van der Waals surface area contributed by atoms with E-state index in [0.29, 0.717) is 5.56 Å². The summed E-state index contributed by atoms with van der Waals surface area (Å²) in [7, 11) is -7.36. The summed E-state index contributed by atoms with van der Waals surface area (Å²) in [6, 6.07) is 11.2. The first-order chi connectivity index (χ1) is 15.4. The molecule has 0 saturated carbocycles. The summed E-state index contributed by atoms with van der Waals surface area (Å²) in [6.45, 7) is 3.57. The minimum Gasteiger partial charge on any atom is -0.383 e. The highest BCUT2D eigenvalue weighted by atomic mass is 32.2. The molecule has 0 saturated heterocycles. The lowest BCUT2D eigenvalue weighted by molar-refractivity contribution is 0.100. The van der Waals surface area contributed by atoms with Crippen LogP contribution in [0.3, 0.4) is 0 Å². The van der Waals surface area contributed by atoms with E-state index >= 15 is 0 Å². The van der Waals surface area contributed by atoms with Gasteiger partial charge < -0.3 is 18.8 Å². The zero-order valence-corrected chi connectivity index (χ0v) is 19.6. The SMILES string of the molecule is C=CCNC(=NCC(=O)c1ccc(OS(C)(=O)=O)cc1)C(O)c1ccc(OS(C)(=O)=O)cc1. The van der Waals surface area contributed by atoms with E-state index in [2.05, 4.69) is 16.9 Å². The summed E-state index contributed by atoms with van der Waals surface area (Å²) in [5, 5.41) is 13.6. The average molecular weight is 497 g/mol. The molecule has 0 spiro atoms. The molecule has 33 heavy (non-hydrogen) atoms. The molecule has 2 aromatic carbocycles. The second-order valence-corrected chi connectivity index (χ2v) is 10.0. The largest absolute Gasteiger partial charge is 0.383 e. The molecule has 0 aliphatic carbocycles. The molecule has 2 rings (SSSR count). The van der Waals surface area contributed by atoms with Gasteiger partial charge >= 0.3 is 20.2 Å². The summed E-state index contributed by atoms with van der Waals surface area (Å²) >= 11 is 0. The van der Waals surface area contributed by atoms with Crippen LogP contribution in [0.4, 0.5) is 0 Å². The molecule has 0 aliphatic rings. The Kier molecular flexibility index (Phi) is 8.74. The van der Waals surface area contributed by atoms with E-state index in [1.54, 1.807) is 6.08 Å². The van der Waals surface area contributed by atoms with Gasteiger partial charge in [-0.05, 0) is 42.0 Å². The standard InChI is InChI=1S/C21H24N2O8S2/c1-4-13-22-21(20(25)16-7-11-18(12-8-16)31-33(3,28)29)23-14-19(24)15-5-9-17(10-6-15)30-32(2,26)27/h4-12,20,25H,1,13-14H2,2-3H3,(H,22,23). The molecule has 0 fully saturated rings. The van der Waals surface area contributed by atoms with Crippen molar-refractivity contribution in [3.63, 3.8) is 0 Å². The second-order valence-electron chi connectivity index (χ2n) is 6.87. The Labute approximate surface area is 192 Å². The molecule has 0 radical (unpaired) electrons. The fourth-order valence-corrected chi connectivity index (χ4v) is 3.49. The number of carbonyl (C=O) groups excluding carboxylic acids is 1. The zero-order valence-electron chi connectivity index (χ0n) is 18.0. The predicted molar refractivity (Wildman–Crippen MR) is 124 cm³/mol. The number of benzene rings is 2. The predicted octanol–water partition coefficient (Wildman–Crippen LogP) is 1.45. The fraction of sp³-hybridized carbons (Fsp3) is 0.238. The van der Waals surface area contributed by atoms with Crippen molar-refractivity contribution in [3.05, 3.63) is 72.3 Å². The quantitative estimate of drug-likeness (QED) is 0.155. The number of hydrogen-bond acceptors (Lipinski definition) is 9. The van der Waals surface area contributed by atoms with E-state index in [1.807, 2.05) is 0 Å². The molecular formula is C21H24N2O8S2. The molecule has 0 aliphatic heterocycles. The van der Waals surface area contributed by atoms with Crippen LogP contribution in [0.5, 0.6) is 11.5 Å². The van der Waals surface area contributed by atoms with Crippen molar-refractivity contribution in [2.24, 2.45) is 4.99 Å². The molecule has 2 aromatic rings. The van der Waals surface area contributed by atoms with Crippen LogP contribution in [0, 0.1) is 0 Å². The lowest BCUT2D eigenvalue weighted by Gasteiger charge is -2.16. The molecule has 2 N–H and O–H groups in total. The maximum atomic E-state index is 12.5. The Morgan fingerprint density at radius 3 is 1.94 bits per heavy atom. The van der Waals surface area contributed by atoms with Gasteiger partial charge in [-0.2, -0.15) is 16.8 Å². The third-order valence-electron chi connectivity index (χ3n) is 3.95. The Bertz CT molecular complexity index is 1220. The topological polar surface area (TPSA) is 148 Å². The molecule has 10 nitrogen and oxygen atoms in total. The molecule has 12 heteroatoms. The molecule has 0 bridgehead atoms. The van der Waals surface area contributed by atoms with Crippen molar-refractivity contribution in [1.29, 1.82) is 0 Å². The number of rotatable bonds is 11. The molecule has 0 heterocycles. The van der Waals surface area contributed by atoms with Crippen LogP contribution in [-0.4, -0.2) is 59.2 Å². The van der Waals surface area contributed by atoms with Crippen LogP contribution in [0.1, 0.15) is 22.0 Å². The maximum Gasteiger partial charge on any atom is 0.306 e. The number of aliphatic imine (C=N–C) groups is 1. The minimum atomic E-state index is -3.68. The van der Waals surface area contributed by atoms with E-state index in [9.17, 15) is 26.7 Å². The lowest BCUT2D eigenvalue weighted by Crippen LogP contribution is -2.30. The van der Waals surface area contributed by atoms with Gasteiger partial charge in [0.2, 0.25) is 0 Å². The van der Waals surface area contributed by atoms with Crippen molar-refractivity contribution in [3.8, 4) is 11.5 Å². The summed E-state index contributed by atoms with van der Waals surface area (Å²) in [6.07, 6.45) is 2.16. The molecule has 0 aromatic heterocycles. The zero-order chi connectivity index (χ0) is 24.6. The summed E-state index contributed by atoms with van der Waals surface area (Å²) < 4.78 is 54.3. The summed E-state index contributed by atoms with van der Waals surface area (Å²) in [5.74, 6) is -0.103. The lowest BCUT2D eigenvalue weighted by atomic mass is 10.1. The first-order valence-electron chi connectivity index (χ1n) is 9.47. The molecular weight excluding hydrogens is 472 g/mol. The molecule has 178 valence electrons. The Morgan fingerprint density at radius 2 is 1.48 bits per heavy atom. The minimum absolute atomic E-state index is 0.0737. The van der Waals surface area contributed by atoms with Crippen molar-refractivity contribution in [1.82, 2.24) is 5.32 Å². The molecule has 1 atom stereocenters. The smallest absolute Gasteiger partial charge is 0.306 e. The van der Waals surface area contributed by atoms with Crippen LogP contribution in [0.2, 0.25) is 0 Å². The number of nitrogens with zero attached hydrogens (tertiary/aromatic N) is 1. The highest BCUT2D eigenvalue weighted by Gasteiger charge is 2.17. The van der Waals surface area contributed by atoms with Crippen molar-refractivity contribution in [2.45, 2.75) is 6.10 Å². The highest BCUT2D eigenvalue weighted by Crippen LogP contribution is 2.20. The van der Waals surface area contributed by atoms with Gasteiger partial charge in [0.1, 0.15) is 30.0 Å². The summed E-state index contributed by atoms with van der Waals surface area (Å²) in [4.78, 5) is 16.7. The van der Waals surface area contributed by atoms with Gasteiger partial charge in [-0.3, -0.25) is 9.79 Å². The van der Waals surface area contributed by atoms with Gasteiger partial charge in [0.25, 0.3) is 0 Å². The van der Waals surface area contributed by atoms with Crippen molar-refractivity contribution >= 4 is 31.9 Å². The van der Waals surface area contributed by atoms with Crippen molar-refractivity contribution in [2.75, 3.05) is 25.6 Å². The summed E-state index contributed by atoms with van der Waals surface area (Å²) in [5.41, 5.74) is 0.667. The van der Waals surface area contributed by atoms with E-state index in [-0.39, 0.29) is 41.8 Å². The van der Waals surface area contributed by atoms with Gasteiger partial charge in [0.15, 0.2) is 5.78 Å². The fourth-order valence-electron chi connectivity index (χ4n) is 2.57. The number of ketones is 1. The van der Waals surface area contributed by atoms with E-state index in [4.69, 9.17) is 8.37 Å².